The zero-order chi connectivity index (χ0) is 18.1. The highest BCUT2D eigenvalue weighted by atomic mass is 16.5. The third-order valence-corrected chi connectivity index (χ3v) is 4.77. The van der Waals surface area contributed by atoms with E-state index >= 15 is 0 Å². The first-order valence-electron chi connectivity index (χ1n) is 8.53. The smallest absolute Gasteiger partial charge is 0.323 e. The van der Waals surface area contributed by atoms with Crippen molar-refractivity contribution in [3.05, 3.63) is 59.7 Å². The maximum absolute atomic E-state index is 12.5. The highest BCUT2D eigenvalue weighted by Crippen LogP contribution is 2.35. The Morgan fingerprint density at radius 2 is 1.65 bits per heavy atom. The Kier molecular flexibility index (Phi) is 4.13. The van der Waals surface area contributed by atoms with Gasteiger partial charge in [-0.15, -0.1) is 0 Å². The summed E-state index contributed by atoms with van der Waals surface area (Å²) in [5.74, 6) is 1.18. The van der Waals surface area contributed by atoms with Gasteiger partial charge in [0, 0.05) is 17.1 Å². The van der Waals surface area contributed by atoms with Crippen LogP contribution in [0.5, 0.6) is 11.5 Å². The lowest BCUT2D eigenvalue weighted by atomic mass is 10.0. The van der Waals surface area contributed by atoms with Crippen molar-refractivity contribution < 1.29 is 14.3 Å². The normalized spacial score (nSPS) is 12.1. The van der Waals surface area contributed by atoms with Gasteiger partial charge in [0.1, 0.15) is 0 Å². The van der Waals surface area contributed by atoms with Crippen molar-refractivity contribution >= 4 is 28.2 Å². The number of rotatable bonds is 4. The Labute approximate surface area is 151 Å². The first-order valence-corrected chi connectivity index (χ1v) is 8.53. The van der Waals surface area contributed by atoms with Gasteiger partial charge in [-0.1, -0.05) is 24.3 Å². The Hall–Kier alpha value is -3.21. The molecule has 1 aliphatic carbocycles. The van der Waals surface area contributed by atoms with Gasteiger partial charge in [-0.2, -0.15) is 0 Å². The molecule has 132 valence electrons. The van der Waals surface area contributed by atoms with Crippen LogP contribution in [0.25, 0.3) is 10.8 Å². The van der Waals surface area contributed by atoms with Crippen molar-refractivity contribution in [3.63, 3.8) is 0 Å². The summed E-state index contributed by atoms with van der Waals surface area (Å²) in [7, 11) is 3.14. The molecule has 2 N–H and O–H groups in total. The van der Waals surface area contributed by atoms with E-state index in [4.69, 9.17) is 9.47 Å². The summed E-state index contributed by atoms with van der Waals surface area (Å²) in [6.45, 7) is 0. The van der Waals surface area contributed by atoms with Gasteiger partial charge < -0.3 is 20.1 Å². The Morgan fingerprint density at radius 3 is 2.42 bits per heavy atom. The second-order valence-corrected chi connectivity index (χ2v) is 6.26. The molecule has 4 rings (SSSR count). The van der Waals surface area contributed by atoms with Gasteiger partial charge in [-0.3, -0.25) is 0 Å². The number of carbonyl (C=O) groups is 1. The lowest BCUT2D eigenvalue weighted by Crippen LogP contribution is -2.19. The summed E-state index contributed by atoms with van der Waals surface area (Å²) in [5, 5.41) is 8.16. The zero-order valence-corrected chi connectivity index (χ0v) is 14.8. The Balaban J connectivity index is 1.57. The van der Waals surface area contributed by atoms with E-state index in [1.54, 1.807) is 32.4 Å². The summed E-state index contributed by atoms with van der Waals surface area (Å²) >= 11 is 0. The SMILES string of the molecule is COc1ccc(NC(=O)Nc2ccc3c4c(cccc24)CC3)cc1OC. The molecule has 0 heterocycles. The molecule has 0 aromatic heterocycles. The number of anilines is 2. The molecular weight excluding hydrogens is 328 g/mol. The molecule has 0 unspecified atom stereocenters. The fourth-order valence-corrected chi connectivity index (χ4v) is 3.55. The van der Waals surface area contributed by atoms with Gasteiger partial charge in [0.25, 0.3) is 0 Å². The molecule has 1 aliphatic rings. The molecule has 0 aliphatic heterocycles. The van der Waals surface area contributed by atoms with Crippen LogP contribution in [0.3, 0.4) is 0 Å². The number of aryl methyl sites for hydroxylation is 2. The largest absolute Gasteiger partial charge is 0.493 e. The molecule has 0 bridgehead atoms. The van der Waals surface area contributed by atoms with Gasteiger partial charge in [0.2, 0.25) is 0 Å². The molecule has 0 atom stereocenters. The van der Waals surface area contributed by atoms with Crippen LogP contribution in [-0.4, -0.2) is 20.3 Å². The minimum absolute atomic E-state index is 0.295. The van der Waals surface area contributed by atoms with Crippen LogP contribution in [0.4, 0.5) is 16.2 Å². The summed E-state index contributed by atoms with van der Waals surface area (Å²) < 4.78 is 10.5. The van der Waals surface area contributed by atoms with Gasteiger partial charge in [0.05, 0.1) is 19.9 Å². The minimum atomic E-state index is -0.295. The standard InChI is InChI=1S/C21H20N2O3/c1-25-18-11-9-15(12-19(18)26-2)22-21(24)23-17-10-8-14-7-6-13-4-3-5-16(17)20(13)14/h3-5,8-12H,6-7H2,1-2H3,(H2,22,23,24). The topological polar surface area (TPSA) is 59.6 Å². The summed E-state index contributed by atoms with van der Waals surface area (Å²) in [5.41, 5.74) is 4.14. The first-order chi connectivity index (χ1) is 12.7. The maximum atomic E-state index is 12.5. The van der Waals surface area contributed by atoms with Gasteiger partial charge >= 0.3 is 6.03 Å². The number of methoxy groups -OCH3 is 2. The van der Waals surface area contributed by atoms with Crippen LogP contribution in [-0.2, 0) is 12.8 Å². The van der Waals surface area contributed by atoms with E-state index < -0.39 is 0 Å². The predicted octanol–water partition coefficient (Wildman–Crippen LogP) is 4.60. The number of nitrogens with one attached hydrogen (secondary N) is 2. The molecule has 0 saturated heterocycles. The van der Waals surface area contributed by atoms with Crippen molar-refractivity contribution in [1.82, 2.24) is 0 Å². The fourth-order valence-electron chi connectivity index (χ4n) is 3.55. The molecular formula is C21H20N2O3. The molecule has 0 saturated carbocycles. The number of urea groups is 1. The lowest BCUT2D eigenvalue weighted by Gasteiger charge is -2.13. The van der Waals surface area contributed by atoms with E-state index in [0.29, 0.717) is 17.2 Å². The maximum Gasteiger partial charge on any atom is 0.323 e. The molecule has 3 aromatic carbocycles. The van der Waals surface area contributed by atoms with E-state index in [2.05, 4.69) is 28.8 Å². The number of amides is 2. The van der Waals surface area contributed by atoms with Crippen molar-refractivity contribution in [1.29, 1.82) is 0 Å². The molecule has 5 heteroatoms. The van der Waals surface area contributed by atoms with Crippen molar-refractivity contribution in [2.45, 2.75) is 12.8 Å². The summed E-state index contributed by atoms with van der Waals surface area (Å²) in [4.78, 5) is 12.5. The predicted molar refractivity (Wildman–Crippen MR) is 104 cm³/mol. The molecule has 0 fully saturated rings. The Morgan fingerprint density at radius 1 is 0.885 bits per heavy atom. The quantitative estimate of drug-likeness (QED) is 0.724. The number of ether oxygens (including phenoxy) is 2. The third kappa shape index (κ3) is 2.81. The van der Waals surface area contributed by atoms with Crippen molar-refractivity contribution in [2.24, 2.45) is 0 Å². The fraction of sp³-hybridized carbons (Fsp3) is 0.190. The monoisotopic (exact) mass is 348 g/mol. The number of benzene rings is 3. The van der Waals surface area contributed by atoms with Crippen LogP contribution in [0.1, 0.15) is 11.1 Å². The zero-order valence-electron chi connectivity index (χ0n) is 14.8. The molecule has 0 radical (unpaired) electrons. The molecule has 3 aromatic rings. The molecule has 0 spiro atoms. The highest BCUT2D eigenvalue weighted by Gasteiger charge is 2.16. The molecule has 2 amide bonds. The van der Waals surface area contributed by atoms with Gasteiger partial charge in [0.15, 0.2) is 11.5 Å². The average molecular weight is 348 g/mol. The molecule has 26 heavy (non-hydrogen) atoms. The van der Waals surface area contributed by atoms with E-state index in [9.17, 15) is 4.79 Å². The van der Waals surface area contributed by atoms with Crippen LogP contribution < -0.4 is 20.1 Å². The average Bonchev–Trinajstić information content (AvgIpc) is 3.08. The van der Waals surface area contributed by atoms with Crippen LogP contribution in [0, 0.1) is 0 Å². The first kappa shape index (κ1) is 16.3. The number of hydrogen-bond acceptors (Lipinski definition) is 3. The number of hydrogen-bond donors (Lipinski definition) is 2. The van der Waals surface area contributed by atoms with Gasteiger partial charge in [-0.25, -0.2) is 4.79 Å². The summed E-state index contributed by atoms with van der Waals surface area (Å²) in [6.07, 6.45) is 2.13. The Bertz CT molecular complexity index is 988. The lowest BCUT2D eigenvalue weighted by molar-refractivity contribution is 0.262. The van der Waals surface area contributed by atoms with E-state index in [-0.39, 0.29) is 6.03 Å². The van der Waals surface area contributed by atoms with E-state index in [0.717, 1.165) is 23.9 Å². The molecule has 5 nitrogen and oxygen atoms in total. The van der Waals surface area contributed by atoms with Crippen LogP contribution in [0.15, 0.2) is 48.5 Å². The van der Waals surface area contributed by atoms with Crippen molar-refractivity contribution in [3.8, 4) is 11.5 Å². The second kappa shape index (κ2) is 6.59. The summed E-state index contributed by atoms with van der Waals surface area (Å²) in [6, 6.07) is 15.3. The minimum Gasteiger partial charge on any atom is -0.493 e. The van der Waals surface area contributed by atoms with E-state index in [1.165, 1.54) is 16.5 Å². The highest BCUT2D eigenvalue weighted by molar-refractivity contribution is 6.08. The van der Waals surface area contributed by atoms with Crippen LogP contribution in [0.2, 0.25) is 0 Å². The third-order valence-electron chi connectivity index (χ3n) is 4.77. The van der Waals surface area contributed by atoms with E-state index in [1.807, 2.05) is 12.1 Å². The second-order valence-electron chi connectivity index (χ2n) is 6.26. The van der Waals surface area contributed by atoms with Crippen LogP contribution >= 0.6 is 0 Å². The number of carbonyl (C=O) groups excluding carboxylic acids is 1. The van der Waals surface area contributed by atoms with Crippen molar-refractivity contribution in [2.75, 3.05) is 24.9 Å². The van der Waals surface area contributed by atoms with Gasteiger partial charge in [-0.05, 0) is 47.6 Å².